The molecule has 1 aromatic carbocycles. The molecule has 0 bridgehead atoms. The van der Waals surface area contributed by atoms with Crippen molar-refractivity contribution >= 4 is 29.4 Å². The summed E-state index contributed by atoms with van der Waals surface area (Å²) >= 11 is 0. The smallest absolute Gasteiger partial charge is 1.00 e. The number of phosphoric acid groups is 3. The van der Waals surface area contributed by atoms with Crippen LogP contribution in [0.2, 0.25) is 0 Å². The number of carbonyl (C=O) groups is 1. The van der Waals surface area contributed by atoms with Crippen LogP contribution < -0.4 is 328 Å². The average molecular weight is 636 g/mol. The van der Waals surface area contributed by atoms with Crippen molar-refractivity contribution in [2.24, 2.45) is 0 Å². The molecular formula is C7H7FK4Na3O13P3. The number of hydrogen-bond donors (Lipinski definition) is 2. The maximum Gasteiger partial charge on any atom is 1.00 e. The number of carbonyl (C=O) groups excluding carboxylic acids is 1. The molecule has 1 aromatic rings. The summed E-state index contributed by atoms with van der Waals surface area (Å²) < 4.78 is 29.9. The molecule has 0 aliphatic carbocycles. The SMILES string of the molecule is O=C([O-])c1ccccc1.O=P([O-])(O)O.O=P([O-])([O-])OP(=O)([O-])[O-].[F-].[K+].[K+].[K+].[K+].[Na+].[Na+].[Na+]. The van der Waals surface area contributed by atoms with Gasteiger partial charge in [-0.1, -0.05) is 30.3 Å². The van der Waals surface area contributed by atoms with Crippen LogP contribution in [-0.2, 0) is 18.0 Å². The van der Waals surface area contributed by atoms with Crippen molar-refractivity contribution in [1.82, 2.24) is 0 Å². The van der Waals surface area contributed by atoms with E-state index in [0.29, 0.717) is 0 Å². The molecule has 0 aromatic heterocycles. The maximum atomic E-state index is 10.1. The second-order valence-electron chi connectivity index (χ2n) is 3.12. The topological polar surface area (TPSA) is 256 Å². The van der Waals surface area contributed by atoms with Crippen LogP contribution in [0, 0.1) is 0 Å². The third kappa shape index (κ3) is 73.1. The van der Waals surface area contributed by atoms with Gasteiger partial charge in [0.25, 0.3) is 7.82 Å². The molecule has 0 fully saturated rings. The second-order valence-corrected chi connectivity index (χ2v) is 6.54. The van der Waals surface area contributed by atoms with E-state index in [1.165, 1.54) is 12.1 Å². The van der Waals surface area contributed by atoms with E-state index in [4.69, 9.17) is 19.2 Å². The first kappa shape index (κ1) is 67.3. The third-order valence-electron chi connectivity index (χ3n) is 1.21. The first-order chi connectivity index (χ1) is 10.0. The molecule has 0 spiro atoms. The first-order valence-electron chi connectivity index (χ1n) is 4.79. The van der Waals surface area contributed by atoms with Gasteiger partial charge < -0.3 is 62.3 Å². The molecule has 0 aliphatic heterocycles. The number of carboxylic acids is 1. The molecule has 0 radical (unpaired) electrons. The Morgan fingerprint density at radius 2 is 0.968 bits per heavy atom. The quantitative estimate of drug-likeness (QED) is 0.231. The van der Waals surface area contributed by atoms with E-state index in [2.05, 4.69) is 4.31 Å². The number of rotatable bonds is 3. The summed E-state index contributed by atoms with van der Waals surface area (Å²) in [6.45, 7) is 0. The van der Waals surface area contributed by atoms with Gasteiger partial charge in [-0.3, -0.25) is 4.57 Å². The monoisotopic (exact) mass is 636 g/mol. The van der Waals surface area contributed by atoms with E-state index in [9.17, 15) is 38.6 Å². The number of aromatic carboxylic acids is 1. The van der Waals surface area contributed by atoms with E-state index < -0.39 is 29.4 Å². The van der Waals surface area contributed by atoms with Crippen LogP contribution in [0.5, 0.6) is 0 Å². The summed E-state index contributed by atoms with van der Waals surface area (Å²) in [4.78, 5) is 70.3. The van der Waals surface area contributed by atoms with Gasteiger partial charge in [0.2, 0.25) is 0 Å². The van der Waals surface area contributed by atoms with Gasteiger partial charge in [-0.25, -0.2) is 0 Å². The Morgan fingerprint density at radius 3 is 1.06 bits per heavy atom. The van der Waals surface area contributed by atoms with Gasteiger partial charge >= 0.3 is 294 Å². The van der Waals surface area contributed by atoms with Crippen molar-refractivity contribution in [2.45, 2.75) is 0 Å². The normalized spacial score (nSPS) is 8.48. The second kappa shape index (κ2) is 36.6. The Morgan fingerprint density at radius 1 is 0.742 bits per heavy atom. The standard InChI is InChI=1S/C7H6O2.FH.4K.3Na.H4O7P2.H3O4P/c8-7(9)6-4-2-1-3-5-6;;;;;;;;;1-8(2,3)7-9(4,5)6;1-5(2,3)4/h1-5H,(H,8,9);1H;;;;;;;;(H2,1,2,3)(H2,4,5,6);(H3,1,2,3,4)/q;;7*+1;;/p-7. The molecule has 1 rings (SSSR count). The van der Waals surface area contributed by atoms with Crippen molar-refractivity contribution in [3.05, 3.63) is 35.9 Å². The minimum absolute atomic E-state index is 0. The van der Waals surface area contributed by atoms with Crippen LogP contribution in [0.3, 0.4) is 0 Å². The molecule has 13 nitrogen and oxygen atoms in total. The zero-order valence-corrected chi connectivity index (χ0v) is 39.2. The minimum atomic E-state index is -5.68. The molecule has 142 valence electrons. The largest absolute Gasteiger partial charge is 1.00 e. The molecule has 0 amide bonds. The first-order valence-corrected chi connectivity index (χ1v) is 9.25. The van der Waals surface area contributed by atoms with Gasteiger partial charge in [-0.2, -0.15) is 0 Å². The van der Waals surface area contributed by atoms with Crippen molar-refractivity contribution in [2.75, 3.05) is 0 Å². The van der Waals surface area contributed by atoms with Crippen LogP contribution in [-0.4, -0.2) is 15.8 Å². The van der Waals surface area contributed by atoms with Crippen molar-refractivity contribution < 1.29 is 361 Å². The van der Waals surface area contributed by atoms with Gasteiger partial charge in [0, 0.05) is 0 Å². The summed E-state index contributed by atoms with van der Waals surface area (Å²) in [5.74, 6) is -1.13. The predicted octanol–water partition coefficient (Wildman–Crippen LogP) is -28.8. The fourth-order valence-corrected chi connectivity index (χ4v) is 1.68. The summed E-state index contributed by atoms with van der Waals surface area (Å²) in [6.07, 6.45) is 0. The van der Waals surface area contributed by atoms with Crippen LogP contribution >= 0.6 is 23.5 Å². The maximum absolute atomic E-state index is 10.1. The molecule has 0 atom stereocenters. The van der Waals surface area contributed by atoms with Gasteiger partial charge in [0.05, 0.1) is 21.6 Å². The summed E-state index contributed by atoms with van der Waals surface area (Å²) in [7, 11) is -16.2. The Hall–Kier alpha value is 8.54. The molecule has 0 saturated carbocycles. The van der Waals surface area contributed by atoms with Gasteiger partial charge in [-0.05, 0) is 5.56 Å². The molecular weight excluding hydrogens is 629 g/mol. The van der Waals surface area contributed by atoms with Gasteiger partial charge in [0.15, 0.2) is 0 Å². The fraction of sp³-hybridized carbons (Fsp3) is 0. The zero-order chi connectivity index (χ0) is 18.9. The molecule has 0 heterocycles. The Kier molecular flexibility index (Phi) is 79.4. The molecule has 31 heavy (non-hydrogen) atoms. The molecule has 24 heteroatoms. The fourth-order valence-electron chi connectivity index (χ4n) is 0.697. The molecule has 0 aliphatic rings. The molecule has 2 N–H and O–H groups in total. The van der Waals surface area contributed by atoms with Crippen LogP contribution in [0.15, 0.2) is 30.3 Å². The number of halogens is 1. The number of hydrogen-bond acceptors (Lipinski definition) is 11. The Bertz CT molecular complexity index is 618. The average Bonchev–Trinajstić information content (AvgIpc) is 2.23. The van der Waals surface area contributed by atoms with E-state index >= 15 is 0 Å². The van der Waals surface area contributed by atoms with Gasteiger partial charge in [-0.15, -0.1) is 0 Å². The van der Waals surface area contributed by atoms with Crippen LogP contribution in [0.25, 0.3) is 0 Å². The summed E-state index contributed by atoms with van der Waals surface area (Å²) in [5, 5.41) is 10.1. The van der Waals surface area contributed by atoms with Crippen molar-refractivity contribution in [3.63, 3.8) is 0 Å². The zero-order valence-electron chi connectivity index (χ0n) is 18.0. The van der Waals surface area contributed by atoms with E-state index in [1.807, 2.05) is 0 Å². The minimum Gasteiger partial charge on any atom is -1.00 e. The van der Waals surface area contributed by atoms with Crippen LogP contribution in [0.1, 0.15) is 10.4 Å². The number of benzene rings is 1. The third-order valence-corrected chi connectivity index (χ3v) is 2.81. The van der Waals surface area contributed by atoms with E-state index in [0.717, 1.165) is 0 Å². The summed E-state index contributed by atoms with van der Waals surface area (Å²) in [5.41, 5.74) is 0.220. The Balaban J connectivity index is -0.0000000243. The summed E-state index contributed by atoms with van der Waals surface area (Å²) in [6, 6.07) is 8.06. The number of carboxylic acid groups (broad SMARTS) is 1. The van der Waals surface area contributed by atoms with Crippen molar-refractivity contribution in [3.8, 4) is 0 Å². The van der Waals surface area contributed by atoms with Crippen LogP contribution in [0.4, 0.5) is 0 Å². The van der Waals surface area contributed by atoms with Crippen molar-refractivity contribution in [1.29, 1.82) is 0 Å². The predicted molar refractivity (Wildman–Crippen MR) is 59.1 cm³/mol. The van der Waals surface area contributed by atoms with E-state index in [-0.39, 0.29) is 304 Å². The Labute approximate surface area is 414 Å². The van der Waals surface area contributed by atoms with E-state index in [1.54, 1.807) is 18.2 Å². The molecule has 0 saturated heterocycles. The molecule has 0 unspecified atom stereocenters. The van der Waals surface area contributed by atoms with Gasteiger partial charge in [0.1, 0.15) is 0 Å².